The standard InChI is InChI=1S/C9H5F6NO4/c1-19-7(18)5-4(20-9(13,14)15)2-3(17)6(16-5)8(10,11)12/h2,17H,1H3. The first-order valence-corrected chi connectivity index (χ1v) is 4.61. The molecule has 0 aliphatic heterocycles. The van der Waals surface area contributed by atoms with Crippen LogP contribution in [0.5, 0.6) is 11.5 Å². The number of nitrogens with zero attached hydrogens (tertiary/aromatic N) is 1. The number of aromatic hydroxyl groups is 1. The molecule has 0 atom stereocenters. The molecular weight excluding hydrogens is 300 g/mol. The van der Waals surface area contributed by atoms with Gasteiger partial charge in [-0.1, -0.05) is 0 Å². The molecule has 0 fully saturated rings. The van der Waals surface area contributed by atoms with E-state index < -0.39 is 41.4 Å². The van der Waals surface area contributed by atoms with Gasteiger partial charge in [-0.15, -0.1) is 13.2 Å². The molecule has 0 spiro atoms. The summed E-state index contributed by atoms with van der Waals surface area (Å²) in [5.41, 5.74) is -3.30. The summed E-state index contributed by atoms with van der Waals surface area (Å²) in [5, 5.41) is 9.02. The number of carbonyl (C=O) groups excluding carboxylic acids is 1. The van der Waals surface area contributed by atoms with Crippen molar-refractivity contribution in [1.29, 1.82) is 0 Å². The normalized spacial score (nSPS) is 12.2. The minimum atomic E-state index is -5.29. The Morgan fingerprint density at radius 1 is 1.25 bits per heavy atom. The lowest BCUT2D eigenvalue weighted by molar-refractivity contribution is -0.274. The number of pyridine rings is 1. The predicted molar refractivity (Wildman–Crippen MR) is 48.9 cm³/mol. The zero-order chi connectivity index (χ0) is 15.7. The van der Waals surface area contributed by atoms with Gasteiger partial charge >= 0.3 is 18.5 Å². The lowest BCUT2D eigenvalue weighted by atomic mass is 10.2. The van der Waals surface area contributed by atoms with Crippen molar-refractivity contribution in [3.8, 4) is 11.5 Å². The summed E-state index contributed by atoms with van der Waals surface area (Å²) in [7, 11) is 0.724. The smallest absolute Gasteiger partial charge is 0.506 e. The van der Waals surface area contributed by atoms with Crippen LogP contribution < -0.4 is 4.74 Å². The number of esters is 1. The highest BCUT2D eigenvalue weighted by Crippen LogP contribution is 2.38. The van der Waals surface area contributed by atoms with E-state index in [0.717, 1.165) is 7.11 Å². The summed E-state index contributed by atoms with van der Waals surface area (Å²) in [4.78, 5) is 13.8. The lowest BCUT2D eigenvalue weighted by Crippen LogP contribution is -2.21. The third-order valence-corrected chi connectivity index (χ3v) is 1.84. The number of ether oxygens (including phenoxy) is 2. The summed E-state index contributed by atoms with van der Waals surface area (Å²) in [6.45, 7) is 0. The average molecular weight is 305 g/mol. The van der Waals surface area contributed by atoms with E-state index in [0.29, 0.717) is 0 Å². The Bertz CT molecular complexity index is 524. The van der Waals surface area contributed by atoms with Crippen molar-refractivity contribution in [3.63, 3.8) is 0 Å². The monoisotopic (exact) mass is 305 g/mol. The minimum Gasteiger partial charge on any atom is -0.506 e. The van der Waals surface area contributed by atoms with E-state index >= 15 is 0 Å². The van der Waals surface area contributed by atoms with Crippen LogP contribution >= 0.6 is 0 Å². The van der Waals surface area contributed by atoms with Gasteiger partial charge < -0.3 is 14.6 Å². The van der Waals surface area contributed by atoms with Crippen molar-refractivity contribution in [2.24, 2.45) is 0 Å². The van der Waals surface area contributed by atoms with Crippen molar-refractivity contribution in [2.75, 3.05) is 7.11 Å². The summed E-state index contributed by atoms with van der Waals surface area (Å²) in [5.74, 6) is -4.62. The predicted octanol–water partition coefficient (Wildman–Crippen LogP) is 2.49. The quantitative estimate of drug-likeness (QED) is 0.671. The van der Waals surface area contributed by atoms with Crippen LogP contribution in [0.4, 0.5) is 26.3 Å². The Balaban J connectivity index is 3.45. The Labute approximate surface area is 106 Å². The largest absolute Gasteiger partial charge is 0.573 e. The number of aromatic nitrogens is 1. The van der Waals surface area contributed by atoms with Gasteiger partial charge in [0.2, 0.25) is 0 Å². The van der Waals surface area contributed by atoms with Gasteiger partial charge in [0.15, 0.2) is 17.1 Å². The van der Waals surface area contributed by atoms with E-state index in [1.807, 2.05) is 0 Å². The van der Waals surface area contributed by atoms with Gasteiger partial charge in [-0.25, -0.2) is 9.78 Å². The molecule has 0 aliphatic rings. The number of halogens is 6. The highest BCUT2D eigenvalue weighted by molar-refractivity contribution is 5.90. The van der Waals surface area contributed by atoms with Crippen LogP contribution in [0.15, 0.2) is 6.07 Å². The molecule has 5 nitrogen and oxygen atoms in total. The minimum absolute atomic E-state index is 0.0183. The third kappa shape index (κ3) is 3.65. The molecule has 11 heteroatoms. The van der Waals surface area contributed by atoms with Crippen molar-refractivity contribution in [1.82, 2.24) is 4.98 Å². The molecule has 0 aromatic carbocycles. The van der Waals surface area contributed by atoms with Crippen molar-refractivity contribution < 1.29 is 45.7 Å². The van der Waals surface area contributed by atoms with Gasteiger partial charge in [0.25, 0.3) is 0 Å². The van der Waals surface area contributed by atoms with Crippen molar-refractivity contribution in [3.05, 3.63) is 17.5 Å². The molecule has 0 saturated heterocycles. The number of carbonyl (C=O) groups is 1. The van der Waals surface area contributed by atoms with Gasteiger partial charge in [0.1, 0.15) is 5.75 Å². The van der Waals surface area contributed by atoms with Crippen LogP contribution in [0, 0.1) is 0 Å². The molecule has 0 unspecified atom stereocenters. The number of alkyl halides is 6. The maximum Gasteiger partial charge on any atom is 0.573 e. The molecule has 20 heavy (non-hydrogen) atoms. The Kier molecular flexibility index (Phi) is 4.01. The molecule has 112 valence electrons. The van der Waals surface area contributed by atoms with E-state index in [-0.39, 0.29) is 6.07 Å². The third-order valence-electron chi connectivity index (χ3n) is 1.84. The number of rotatable bonds is 2. The highest BCUT2D eigenvalue weighted by Gasteiger charge is 2.40. The second-order valence-electron chi connectivity index (χ2n) is 3.24. The number of hydrogen-bond donors (Lipinski definition) is 1. The second kappa shape index (κ2) is 5.06. The average Bonchev–Trinajstić information content (AvgIpc) is 2.24. The van der Waals surface area contributed by atoms with Crippen LogP contribution in [-0.2, 0) is 10.9 Å². The molecule has 1 N–H and O–H groups in total. The summed E-state index contributed by atoms with van der Waals surface area (Å²) >= 11 is 0. The molecule has 1 aromatic rings. The Morgan fingerprint density at radius 3 is 2.20 bits per heavy atom. The fourth-order valence-electron chi connectivity index (χ4n) is 1.14. The molecule has 0 radical (unpaired) electrons. The van der Waals surface area contributed by atoms with Crippen LogP contribution in [0.2, 0.25) is 0 Å². The zero-order valence-electron chi connectivity index (χ0n) is 9.46. The first-order chi connectivity index (χ1) is 8.95. The van der Waals surface area contributed by atoms with E-state index in [1.54, 1.807) is 0 Å². The molecule has 0 aliphatic carbocycles. The summed E-state index contributed by atoms with van der Waals surface area (Å²) in [6, 6.07) is -0.0183. The maximum absolute atomic E-state index is 12.4. The van der Waals surface area contributed by atoms with Crippen molar-refractivity contribution >= 4 is 5.97 Å². The molecule has 0 saturated carbocycles. The zero-order valence-corrected chi connectivity index (χ0v) is 9.46. The molecule has 1 aromatic heterocycles. The first-order valence-electron chi connectivity index (χ1n) is 4.61. The van der Waals surface area contributed by atoms with E-state index in [9.17, 15) is 31.1 Å². The van der Waals surface area contributed by atoms with Crippen LogP contribution in [0.25, 0.3) is 0 Å². The molecule has 0 bridgehead atoms. The first kappa shape index (κ1) is 15.9. The number of methoxy groups -OCH3 is 1. The second-order valence-corrected chi connectivity index (χ2v) is 3.24. The van der Waals surface area contributed by atoms with E-state index in [4.69, 9.17) is 5.11 Å². The van der Waals surface area contributed by atoms with Gasteiger partial charge in [0.05, 0.1) is 7.11 Å². The highest BCUT2D eigenvalue weighted by atomic mass is 19.4. The summed E-state index contributed by atoms with van der Waals surface area (Å²) in [6.07, 6.45) is -10.5. The summed E-state index contributed by atoms with van der Waals surface area (Å²) < 4.78 is 80.7. The van der Waals surface area contributed by atoms with Crippen LogP contribution in [0.3, 0.4) is 0 Å². The van der Waals surface area contributed by atoms with E-state index in [2.05, 4.69) is 14.5 Å². The molecule has 0 amide bonds. The van der Waals surface area contributed by atoms with E-state index in [1.165, 1.54) is 0 Å². The maximum atomic E-state index is 12.4. The molecule has 1 heterocycles. The number of hydrogen-bond acceptors (Lipinski definition) is 5. The van der Waals surface area contributed by atoms with Gasteiger partial charge in [-0.05, 0) is 0 Å². The van der Waals surface area contributed by atoms with Gasteiger partial charge in [-0.2, -0.15) is 13.2 Å². The molecular formula is C9H5F6NO4. The fraction of sp³-hybridized carbons (Fsp3) is 0.333. The van der Waals surface area contributed by atoms with Gasteiger partial charge in [-0.3, -0.25) is 0 Å². The Morgan fingerprint density at radius 2 is 1.80 bits per heavy atom. The topological polar surface area (TPSA) is 68.7 Å². The molecule has 1 rings (SSSR count). The van der Waals surface area contributed by atoms with Crippen molar-refractivity contribution in [2.45, 2.75) is 12.5 Å². The van der Waals surface area contributed by atoms with Crippen LogP contribution in [0.1, 0.15) is 16.2 Å². The SMILES string of the molecule is COC(=O)c1nc(C(F)(F)F)c(O)cc1OC(F)(F)F. The Hall–Kier alpha value is -2.20. The fourth-order valence-corrected chi connectivity index (χ4v) is 1.14. The van der Waals surface area contributed by atoms with Gasteiger partial charge in [0, 0.05) is 6.07 Å². The van der Waals surface area contributed by atoms with Crippen LogP contribution in [-0.4, -0.2) is 29.5 Å². The lowest BCUT2D eigenvalue weighted by Gasteiger charge is -2.14.